The Morgan fingerprint density at radius 2 is 1.98 bits per heavy atom. The number of fused-ring (bicyclic) bond motifs is 3. The van der Waals surface area contributed by atoms with Gasteiger partial charge in [0.05, 0.1) is 30.5 Å². The number of piperidine rings is 2. The van der Waals surface area contributed by atoms with Crippen LogP contribution in [0.4, 0.5) is 23.3 Å². The first-order chi connectivity index (χ1) is 21.7. The lowest BCUT2D eigenvalue weighted by atomic mass is 9.87. The highest BCUT2D eigenvalue weighted by atomic mass is 32.2. The van der Waals surface area contributed by atoms with Crippen molar-refractivity contribution in [3.05, 3.63) is 54.9 Å². The van der Waals surface area contributed by atoms with Crippen molar-refractivity contribution >= 4 is 49.8 Å². The van der Waals surface area contributed by atoms with Gasteiger partial charge in [0, 0.05) is 61.3 Å². The Labute approximate surface area is 264 Å². The number of rotatable bonds is 8. The van der Waals surface area contributed by atoms with E-state index in [0.717, 1.165) is 60.7 Å². The third kappa shape index (κ3) is 5.85. The van der Waals surface area contributed by atoms with Gasteiger partial charge >= 0.3 is 0 Å². The first-order valence-corrected chi connectivity index (χ1v) is 18.0. The van der Waals surface area contributed by atoms with Gasteiger partial charge in [0.1, 0.15) is 21.5 Å². The van der Waals surface area contributed by atoms with Crippen molar-refractivity contribution in [1.82, 2.24) is 19.9 Å². The van der Waals surface area contributed by atoms with Gasteiger partial charge in [-0.15, -0.1) is 0 Å². The molecule has 2 aromatic heterocycles. The number of nitrogens with zero attached hydrogens (tertiary/aromatic N) is 6. The molecule has 4 saturated heterocycles. The summed E-state index contributed by atoms with van der Waals surface area (Å²) in [4.78, 5) is 33.6. The average molecular weight is 632 g/mol. The summed E-state index contributed by atoms with van der Waals surface area (Å²) < 4.78 is 29.9. The molecule has 0 unspecified atom stereocenters. The fraction of sp³-hybridized carbons (Fsp3) is 0.515. The molecule has 238 valence electrons. The molecule has 3 aromatic rings. The van der Waals surface area contributed by atoms with Gasteiger partial charge in [-0.05, 0) is 74.3 Å². The number of pyridine rings is 1. The van der Waals surface area contributed by atoms with Gasteiger partial charge in [0.25, 0.3) is 0 Å². The molecule has 0 spiro atoms. The summed E-state index contributed by atoms with van der Waals surface area (Å²) in [6.45, 7) is 8.78. The monoisotopic (exact) mass is 631 g/mol. The molecule has 1 amide bonds. The molecule has 4 aliphatic heterocycles. The van der Waals surface area contributed by atoms with Crippen LogP contribution in [0.15, 0.2) is 49.3 Å². The molecule has 0 aliphatic carbocycles. The molecule has 0 radical (unpaired) electrons. The molecular formula is C33H41N7O4S. The zero-order valence-electron chi connectivity index (χ0n) is 25.9. The number of carbonyl (C=O) groups excluding carboxylic acids is 1. The van der Waals surface area contributed by atoms with Gasteiger partial charge in [0.15, 0.2) is 0 Å². The maximum atomic E-state index is 12.9. The molecule has 2 bridgehead atoms. The van der Waals surface area contributed by atoms with Gasteiger partial charge in [-0.25, -0.2) is 18.4 Å². The van der Waals surface area contributed by atoms with E-state index in [2.05, 4.69) is 51.8 Å². The summed E-state index contributed by atoms with van der Waals surface area (Å²) >= 11 is 0. The first kappa shape index (κ1) is 29.9. The van der Waals surface area contributed by atoms with E-state index in [0.29, 0.717) is 49.4 Å². The third-order valence-corrected chi connectivity index (χ3v) is 11.0. The lowest BCUT2D eigenvalue weighted by Crippen LogP contribution is -2.57. The highest BCUT2D eigenvalue weighted by molar-refractivity contribution is 7.90. The number of anilines is 4. The number of aromatic nitrogens is 3. The van der Waals surface area contributed by atoms with Gasteiger partial charge in [-0.2, -0.15) is 4.98 Å². The summed E-state index contributed by atoms with van der Waals surface area (Å²) in [7, 11) is -3.06. The lowest BCUT2D eigenvalue weighted by Gasteiger charge is -2.48. The number of amides is 1. The fourth-order valence-electron chi connectivity index (χ4n) is 7.60. The number of ether oxygens (including phenoxy) is 1. The Morgan fingerprint density at radius 1 is 1.11 bits per heavy atom. The van der Waals surface area contributed by atoms with Crippen LogP contribution in [0.3, 0.4) is 0 Å². The second-order valence-corrected chi connectivity index (χ2v) is 15.2. The highest BCUT2D eigenvalue weighted by Gasteiger charge is 2.39. The predicted octanol–water partition coefficient (Wildman–Crippen LogP) is 4.24. The van der Waals surface area contributed by atoms with E-state index < -0.39 is 9.84 Å². The van der Waals surface area contributed by atoms with E-state index >= 15 is 0 Å². The summed E-state index contributed by atoms with van der Waals surface area (Å²) in [6, 6.07) is 8.44. The highest BCUT2D eigenvalue weighted by Crippen LogP contribution is 2.42. The number of carbonyl (C=O) groups is 1. The lowest BCUT2D eigenvalue weighted by molar-refractivity contribution is -0.129. The van der Waals surface area contributed by atoms with E-state index in [9.17, 15) is 13.2 Å². The Bertz CT molecular complexity index is 1730. The van der Waals surface area contributed by atoms with Crippen LogP contribution in [0.2, 0.25) is 0 Å². The minimum atomic E-state index is -3.06. The molecule has 5 atom stereocenters. The second-order valence-electron chi connectivity index (χ2n) is 13.0. The van der Waals surface area contributed by atoms with E-state index in [-0.39, 0.29) is 29.7 Å². The van der Waals surface area contributed by atoms with Crippen LogP contribution in [-0.2, 0) is 19.4 Å². The zero-order valence-corrected chi connectivity index (χ0v) is 26.7. The van der Waals surface area contributed by atoms with Crippen molar-refractivity contribution in [3.63, 3.8) is 0 Å². The van der Waals surface area contributed by atoms with Crippen LogP contribution in [0.5, 0.6) is 0 Å². The molecule has 12 heteroatoms. The number of hydrogen-bond donors (Lipinski definition) is 1. The van der Waals surface area contributed by atoms with Gasteiger partial charge in [-0.1, -0.05) is 12.6 Å². The number of hydrogen-bond acceptors (Lipinski definition) is 10. The standard InChI is InChI=1S/C33H41N7O4S/c1-4-32(41)39-13-6-5-7-28(39)25-8-9-29(40-18-22(21(40)2)20-45(3,42)43)27-17-35-31(16-26(25)27)36-30-10-12-34-33(37-30)38-14-11-24-15-23(38)19-44-24/h4,8-10,12,16-17,21-24,28H,1,5-7,11,13-15,18-20H2,2-3H3,(H,34,35,36,37)/t21-,22-,23+,24-,28-/m1/s1. The summed E-state index contributed by atoms with van der Waals surface area (Å²) in [5.74, 6) is 2.20. The summed E-state index contributed by atoms with van der Waals surface area (Å²) in [5, 5.41) is 5.40. The van der Waals surface area contributed by atoms with Crippen LogP contribution in [0.25, 0.3) is 10.8 Å². The molecule has 4 fully saturated rings. The number of likely N-dealkylation sites (tertiary alicyclic amines) is 1. The molecule has 7 rings (SSSR count). The SMILES string of the molecule is C=CC(=O)N1CCCC[C@@H]1c1ccc(N2C[C@H](CS(C)(=O)=O)[C@H]2C)c2cnc(Nc3ccnc(N4CC[C@@H]5C[C@H]4CO5)n3)cc12. The molecule has 11 nitrogen and oxygen atoms in total. The van der Waals surface area contributed by atoms with Crippen molar-refractivity contribution < 1.29 is 17.9 Å². The smallest absolute Gasteiger partial charge is 0.246 e. The van der Waals surface area contributed by atoms with Crippen molar-refractivity contribution in [2.75, 3.05) is 53.4 Å². The average Bonchev–Trinajstić information content (AvgIpc) is 3.41. The van der Waals surface area contributed by atoms with Gasteiger partial charge in [-0.3, -0.25) is 4.79 Å². The predicted molar refractivity (Wildman–Crippen MR) is 176 cm³/mol. The van der Waals surface area contributed by atoms with Crippen molar-refractivity contribution in [3.8, 4) is 0 Å². The molecule has 45 heavy (non-hydrogen) atoms. The van der Waals surface area contributed by atoms with Crippen LogP contribution in [-0.4, -0.2) is 90.6 Å². The minimum absolute atomic E-state index is 0.0606. The Morgan fingerprint density at radius 3 is 2.78 bits per heavy atom. The normalized spacial score (nSPS) is 26.5. The van der Waals surface area contributed by atoms with Crippen LogP contribution in [0, 0.1) is 5.92 Å². The second kappa shape index (κ2) is 11.9. The Hall–Kier alpha value is -3.77. The quantitative estimate of drug-likeness (QED) is 0.362. The van der Waals surface area contributed by atoms with Crippen molar-refractivity contribution in [2.45, 2.75) is 63.3 Å². The summed E-state index contributed by atoms with van der Waals surface area (Å²) in [6.07, 6.45) is 11.6. The number of benzene rings is 1. The van der Waals surface area contributed by atoms with Crippen LogP contribution in [0.1, 0.15) is 50.6 Å². The third-order valence-electron chi connectivity index (χ3n) is 10.0. The fourth-order valence-corrected chi connectivity index (χ4v) is 8.76. The number of sulfone groups is 1. The molecule has 1 aromatic carbocycles. The van der Waals surface area contributed by atoms with Crippen molar-refractivity contribution in [2.24, 2.45) is 5.92 Å². The number of nitrogens with one attached hydrogen (secondary N) is 1. The first-order valence-electron chi connectivity index (χ1n) is 16.0. The van der Waals surface area contributed by atoms with E-state index in [1.54, 1.807) is 6.20 Å². The molecule has 0 saturated carbocycles. The Balaban J connectivity index is 1.24. The maximum Gasteiger partial charge on any atom is 0.246 e. The molecular weight excluding hydrogens is 590 g/mol. The van der Waals surface area contributed by atoms with Crippen LogP contribution < -0.4 is 15.1 Å². The molecule has 4 aliphatic rings. The van der Waals surface area contributed by atoms with E-state index in [1.165, 1.54) is 12.3 Å². The zero-order chi connectivity index (χ0) is 31.3. The largest absolute Gasteiger partial charge is 0.376 e. The van der Waals surface area contributed by atoms with E-state index in [4.69, 9.17) is 14.7 Å². The summed E-state index contributed by atoms with van der Waals surface area (Å²) in [5.41, 5.74) is 2.09. The van der Waals surface area contributed by atoms with Crippen molar-refractivity contribution in [1.29, 1.82) is 0 Å². The van der Waals surface area contributed by atoms with E-state index in [1.807, 2.05) is 17.2 Å². The van der Waals surface area contributed by atoms with Gasteiger partial charge < -0.3 is 24.8 Å². The Kier molecular flexibility index (Phi) is 7.89. The maximum absolute atomic E-state index is 12.9. The topological polar surface area (TPSA) is 121 Å². The van der Waals surface area contributed by atoms with Crippen LogP contribution >= 0.6 is 0 Å². The van der Waals surface area contributed by atoms with Gasteiger partial charge in [0.2, 0.25) is 11.9 Å². The minimum Gasteiger partial charge on any atom is -0.376 e. The molecule has 6 heterocycles. The molecule has 1 N–H and O–H groups in total.